The normalized spacial score (nSPS) is 36.3. The van der Waals surface area contributed by atoms with Gasteiger partial charge in [-0.05, 0) is 63.2 Å². The summed E-state index contributed by atoms with van der Waals surface area (Å²) in [6.07, 6.45) is 7.96. The van der Waals surface area contributed by atoms with Gasteiger partial charge in [-0.2, -0.15) is 0 Å². The molecule has 0 spiro atoms. The molecule has 0 saturated heterocycles. The van der Waals surface area contributed by atoms with Crippen LogP contribution < -0.4 is 10.2 Å². The Morgan fingerprint density at radius 2 is 1.67 bits per heavy atom. The summed E-state index contributed by atoms with van der Waals surface area (Å²) < 4.78 is 0. The van der Waals surface area contributed by atoms with Gasteiger partial charge in [-0.25, -0.2) is 0 Å². The molecule has 4 aliphatic carbocycles. The van der Waals surface area contributed by atoms with Crippen LogP contribution in [0.25, 0.3) is 0 Å². The van der Waals surface area contributed by atoms with Crippen molar-refractivity contribution >= 4 is 5.91 Å². The van der Waals surface area contributed by atoms with Gasteiger partial charge in [0, 0.05) is 11.1 Å². The summed E-state index contributed by atoms with van der Waals surface area (Å²) in [6.45, 7) is 2.98. The monoisotopic (exact) mass is 327 g/mol. The first-order chi connectivity index (χ1) is 11.5. The van der Waals surface area contributed by atoms with Crippen LogP contribution in [0.1, 0.15) is 51.0 Å². The highest BCUT2D eigenvalue weighted by Gasteiger charge is 2.52. The van der Waals surface area contributed by atoms with Crippen molar-refractivity contribution in [2.45, 2.75) is 63.6 Å². The lowest BCUT2D eigenvalue weighted by atomic mass is 9.53. The molecule has 1 amide bonds. The van der Waals surface area contributed by atoms with E-state index >= 15 is 0 Å². The fourth-order valence-electron chi connectivity index (χ4n) is 5.93. The Labute approximate surface area is 145 Å². The SMILES string of the molecule is C[C@H](C(=O)NC12CC3CC(CC(C3)C1)C2)[NH+](C)Cc1ccccc1. The number of carbonyl (C=O) groups is 1. The van der Waals surface area contributed by atoms with Crippen molar-refractivity contribution in [2.75, 3.05) is 7.05 Å². The minimum absolute atomic E-state index is 0.00166. The molecule has 3 heteroatoms. The Kier molecular flexibility index (Phi) is 4.16. The summed E-state index contributed by atoms with van der Waals surface area (Å²) in [6, 6.07) is 10.5. The second-order valence-corrected chi connectivity index (χ2v) is 8.92. The molecule has 3 nitrogen and oxygen atoms in total. The second kappa shape index (κ2) is 6.18. The first-order valence-corrected chi connectivity index (χ1v) is 9.71. The van der Waals surface area contributed by atoms with Crippen molar-refractivity contribution in [2.24, 2.45) is 17.8 Å². The van der Waals surface area contributed by atoms with Gasteiger partial charge in [-0.15, -0.1) is 0 Å². The molecule has 2 N–H and O–H groups in total. The van der Waals surface area contributed by atoms with E-state index in [1.165, 1.54) is 49.0 Å². The Morgan fingerprint density at radius 3 is 2.21 bits per heavy atom. The van der Waals surface area contributed by atoms with Gasteiger partial charge in [0.1, 0.15) is 6.54 Å². The highest BCUT2D eigenvalue weighted by atomic mass is 16.2. The Hall–Kier alpha value is -1.35. The van der Waals surface area contributed by atoms with Crippen molar-refractivity contribution in [1.82, 2.24) is 5.32 Å². The summed E-state index contributed by atoms with van der Waals surface area (Å²) in [7, 11) is 2.14. The van der Waals surface area contributed by atoms with E-state index in [0.717, 1.165) is 24.3 Å². The molecule has 1 aromatic carbocycles. The van der Waals surface area contributed by atoms with Crippen molar-refractivity contribution in [1.29, 1.82) is 0 Å². The molecule has 130 valence electrons. The number of hydrogen-bond donors (Lipinski definition) is 2. The first kappa shape index (κ1) is 16.1. The maximum absolute atomic E-state index is 12.9. The van der Waals surface area contributed by atoms with Crippen LogP contribution in [0.15, 0.2) is 30.3 Å². The number of quaternary nitrogens is 1. The van der Waals surface area contributed by atoms with Gasteiger partial charge in [-0.3, -0.25) is 4.79 Å². The van der Waals surface area contributed by atoms with Gasteiger partial charge >= 0.3 is 0 Å². The minimum Gasteiger partial charge on any atom is -0.345 e. The molecule has 0 heterocycles. The molecular weight excluding hydrogens is 296 g/mol. The number of hydrogen-bond acceptors (Lipinski definition) is 1. The summed E-state index contributed by atoms with van der Waals surface area (Å²) >= 11 is 0. The Bertz CT molecular complexity index is 562. The Morgan fingerprint density at radius 1 is 1.12 bits per heavy atom. The van der Waals surface area contributed by atoms with E-state index in [1.807, 2.05) is 6.07 Å². The third-order valence-electron chi connectivity index (χ3n) is 6.88. The summed E-state index contributed by atoms with van der Waals surface area (Å²) in [4.78, 5) is 14.2. The van der Waals surface area contributed by atoms with Gasteiger partial charge in [0.05, 0.1) is 7.05 Å². The second-order valence-electron chi connectivity index (χ2n) is 8.92. The number of nitrogens with one attached hydrogen (secondary N) is 2. The van der Waals surface area contributed by atoms with E-state index in [4.69, 9.17) is 0 Å². The molecule has 1 aromatic rings. The van der Waals surface area contributed by atoms with Crippen LogP contribution >= 0.6 is 0 Å². The van der Waals surface area contributed by atoms with Crippen molar-refractivity contribution in [3.05, 3.63) is 35.9 Å². The van der Waals surface area contributed by atoms with E-state index < -0.39 is 0 Å². The third-order valence-corrected chi connectivity index (χ3v) is 6.88. The molecular formula is C21H31N2O+. The number of carbonyl (C=O) groups excluding carboxylic acids is 1. The van der Waals surface area contributed by atoms with Gasteiger partial charge < -0.3 is 10.2 Å². The van der Waals surface area contributed by atoms with E-state index in [9.17, 15) is 4.79 Å². The van der Waals surface area contributed by atoms with Crippen molar-refractivity contribution < 1.29 is 9.69 Å². The van der Waals surface area contributed by atoms with Crippen LogP contribution in [0, 0.1) is 17.8 Å². The summed E-state index contributed by atoms with van der Waals surface area (Å²) in [5, 5.41) is 3.53. The molecule has 4 saturated carbocycles. The van der Waals surface area contributed by atoms with E-state index in [2.05, 4.69) is 43.6 Å². The molecule has 0 aromatic heterocycles. The molecule has 4 bridgehead atoms. The average Bonchev–Trinajstić information content (AvgIpc) is 2.53. The smallest absolute Gasteiger partial charge is 0.278 e. The minimum atomic E-state index is -0.00166. The van der Waals surface area contributed by atoms with E-state index in [-0.39, 0.29) is 17.5 Å². The zero-order valence-corrected chi connectivity index (χ0v) is 15.1. The molecule has 24 heavy (non-hydrogen) atoms. The zero-order chi connectivity index (χ0) is 16.7. The number of likely N-dealkylation sites (N-methyl/N-ethyl adjacent to an activating group) is 1. The maximum Gasteiger partial charge on any atom is 0.278 e. The number of benzene rings is 1. The van der Waals surface area contributed by atoms with Crippen molar-refractivity contribution in [3.63, 3.8) is 0 Å². The van der Waals surface area contributed by atoms with Crippen LogP contribution in [0.2, 0.25) is 0 Å². The largest absolute Gasteiger partial charge is 0.345 e. The van der Waals surface area contributed by atoms with Crippen LogP contribution in [-0.4, -0.2) is 24.5 Å². The highest BCUT2D eigenvalue weighted by Crippen LogP contribution is 2.55. The molecule has 1 unspecified atom stereocenters. The fraction of sp³-hybridized carbons (Fsp3) is 0.667. The van der Waals surface area contributed by atoms with Crippen LogP contribution in [0.4, 0.5) is 0 Å². The Balaban J connectivity index is 1.39. The van der Waals surface area contributed by atoms with Gasteiger partial charge in [0.2, 0.25) is 0 Å². The lowest BCUT2D eigenvalue weighted by Gasteiger charge is -2.57. The summed E-state index contributed by atoms with van der Waals surface area (Å²) in [5.41, 5.74) is 1.43. The van der Waals surface area contributed by atoms with Crippen LogP contribution in [0.3, 0.4) is 0 Å². The molecule has 2 atom stereocenters. The standard InChI is InChI=1S/C21H30N2O/c1-15(23(2)14-16-6-4-3-5-7-16)20(24)22-21-11-17-8-18(12-21)10-19(9-17)13-21/h3-7,15,17-19H,8-14H2,1-2H3,(H,22,24)/p+1/t15-,17?,18?,19?,21?/m1/s1. The quantitative estimate of drug-likeness (QED) is 0.854. The molecule has 4 fully saturated rings. The third kappa shape index (κ3) is 3.11. The number of amides is 1. The lowest BCUT2D eigenvalue weighted by Crippen LogP contribution is -3.12. The predicted octanol–water partition coefficient (Wildman–Crippen LogP) is 2.17. The van der Waals surface area contributed by atoms with Crippen LogP contribution in [-0.2, 0) is 11.3 Å². The molecule has 4 aliphatic rings. The zero-order valence-electron chi connectivity index (χ0n) is 15.1. The highest BCUT2D eigenvalue weighted by molar-refractivity contribution is 5.80. The molecule has 0 radical (unpaired) electrons. The number of rotatable bonds is 5. The fourth-order valence-corrected chi connectivity index (χ4v) is 5.93. The van der Waals surface area contributed by atoms with E-state index in [0.29, 0.717) is 0 Å². The van der Waals surface area contributed by atoms with Crippen LogP contribution in [0.5, 0.6) is 0 Å². The maximum atomic E-state index is 12.9. The molecule has 0 aliphatic heterocycles. The average molecular weight is 327 g/mol. The lowest BCUT2D eigenvalue weighted by molar-refractivity contribution is -0.908. The van der Waals surface area contributed by atoms with E-state index in [1.54, 1.807) is 0 Å². The first-order valence-electron chi connectivity index (χ1n) is 9.71. The predicted molar refractivity (Wildman–Crippen MR) is 95.5 cm³/mol. The van der Waals surface area contributed by atoms with Gasteiger partial charge in [-0.1, -0.05) is 30.3 Å². The van der Waals surface area contributed by atoms with Gasteiger partial charge in [0.15, 0.2) is 6.04 Å². The van der Waals surface area contributed by atoms with Gasteiger partial charge in [0.25, 0.3) is 5.91 Å². The molecule has 5 rings (SSSR count). The van der Waals surface area contributed by atoms with Crippen molar-refractivity contribution in [3.8, 4) is 0 Å². The summed E-state index contributed by atoms with van der Waals surface area (Å²) in [5.74, 6) is 2.88. The topological polar surface area (TPSA) is 33.5 Å².